The van der Waals surface area contributed by atoms with Gasteiger partial charge in [0.25, 0.3) is 0 Å². The lowest BCUT2D eigenvalue weighted by Gasteiger charge is -2.38. The highest BCUT2D eigenvalue weighted by molar-refractivity contribution is 6.03. The summed E-state index contributed by atoms with van der Waals surface area (Å²) in [6, 6.07) is 0. The summed E-state index contributed by atoms with van der Waals surface area (Å²) < 4.78 is 0. The zero-order valence-corrected chi connectivity index (χ0v) is 17.7. The van der Waals surface area contributed by atoms with Crippen LogP contribution in [-0.4, -0.2) is 17.5 Å². The molecule has 0 aromatic rings. The van der Waals surface area contributed by atoms with Crippen LogP contribution in [0.3, 0.4) is 0 Å². The van der Waals surface area contributed by atoms with E-state index in [1.807, 2.05) is 0 Å². The highest BCUT2D eigenvalue weighted by Gasteiger charge is 2.48. The highest BCUT2D eigenvalue weighted by atomic mass is 16.3. The van der Waals surface area contributed by atoms with Crippen LogP contribution in [0.15, 0.2) is 46.6 Å². The van der Waals surface area contributed by atoms with Gasteiger partial charge in [-0.15, -0.1) is 0 Å². The molecule has 1 N–H and O–H groups in total. The lowest BCUT2D eigenvalue weighted by molar-refractivity contribution is -0.115. The number of Topliss-reactive ketones (excluding diaryl/α,β-unsaturated/α-hetero) is 1. The van der Waals surface area contributed by atoms with Crippen LogP contribution in [0.1, 0.15) is 66.7 Å². The largest absolute Gasteiger partial charge is 0.392 e. The summed E-state index contributed by atoms with van der Waals surface area (Å²) in [5, 5.41) is 9.93. The minimum atomic E-state index is -0.0125. The summed E-state index contributed by atoms with van der Waals surface area (Å²) in [6.45, 7) is 11.2. The third kappa shape index (κ3) is 3.92. The molecular formula is C25H36O2. The Kier molecular flexibility index (Phi) is 5.96. The highest BCUT2D eigenvalue weighted by Crippen LogP contribution is 2.57. The van der Waals surface area contributed by atoms with Gasteiger partial charge in [0.1, 0.15) is 0 Å². The first-order valence-electron chi connectivity index (χ1n) is 10.6. The monoisotopic (exact) mass is 368 g/mol. The van der Waals surface area contributed by atoms with Crippen molar-refractivity contribution in [2.45, 2.75) is 66.7 Å². The summed E-state index contributed by atoms with van der Waals surface area (Å²) in [5.41, 5.74) is 4.68. The molecule has 3 aliphatic rings. The van der Waals surface area contributed by atoms with E-state index in [1.54, 1.807) is 0 Å². The zero-order chi connectivity index (χ0) is 19.8. The van der Waals surface area contributed by atoms with Gasteiger partial charge in [-0.3, -0.25) is 4.79 Å². The van der Waals surface area contributed by atoms with Gasteiger partial charge in [-0.25, -0.2) is 0 Å². The Hall–Kier alpha value is -1.41. The average molecular weight is 369 g/mol. The van der Waals surface area contributed by atoms with Gasteiger partial charge in [0.2, 0.25) is 0 Å². The molecule has 27 heavy (non-hydrogen) atoms. The fraction of sp³-hybridized carbons (Fsp3) is 0.640. The quantitative estimate of drug-likeness (QED) is 0.637. The second-order valence-corrected chi connectivity index (χ2v) is 9.68. The van der Waals surface area contributed by atoms with Crippen LogP contribution in [0.25, 0.3) is 0 Å². The number of aliphatic hydroxyl groups is 1. The summed E-state index contributed by atoms with van der Waals surface area (Å²) in [5.74, 6) is 2.40. The summed E-state index contributed by atoms with van der Waals surface area (Å²) in [6.07, 6.45) is 14.1. The minimum absolute atomic E-state index is 0.0125. The standard InChI is InChI=1S/C25H36O2/c1-16(2)7-6-8-17(3)20-11-12-25(5)14-21-18(4)13-23(27)24(21)19(15-26)9-10-22(20)25/h6-9,17-18,20,22,26H,10-15H2,1-5H3/b8-6-,19-9-/t17-,18+,20+,22-,25+/m0/s1. The van der Waals surface area contributed by atoms with Crippen molar-refractivity contribution in [1.29, 1.82) is 0 Å². The predicted molar refractivity (Wildman–Crippen MR) is 112 cm³/mol. The summed E-state index contributed by atoms with van der Waals surface area (Å²) >= 11 is 0. The van der Waals surface area contributed by atoms with E-state index in [2.05, 4.69) is 58.9 Å². The number of fused-ring (bicyclic) bond motifs is 1. The Bertz CT molecular complexity index is 717. The lowest BCUT2D eigenvalue weighted by Crippen LogP contribution is -2.30. The molecule has 0 heterocycles. The zero-order valence-electron chi connectivity index (χ0n) is 17.7. The van der Waals surface area contributed by atoms with Gasteiger partial charge >= 0.3 is 0 Å². The topological polar surface area (TPSA) is 37.3 Å². The van der Waals surface area contributed by atoms with Crippen molar-refractivity contribution in [3.05, 3.63) is 46.6 Å². The molecule has 0 amide bonds. The summed E-state index contributed by atoms with van der Waals surface area (Å²) in [4.78, 5) is 12.6. The van der Waals surface area contributed by atoms with Crippen molar-refractivity contribution in [3.63, 3.8) is 0 Å². The van der Waals surface area contributed by atoms with Crippen LogP contribution in [0.2, 0.25) is 0 Å². The lowest BCUT2D eigenvalue weighted by atomic mass is 9.67. The SMILES string of the molecule is CC(C)=C/C=C\[C@H](C)[C@H]1CC[C@]2(C)CC3=C(C(=O)C[C@H]3C)/C(CO)=C\C[C@@H]12. The smallest absolute Gasteiger partial charge is 0.163 e. The van der Waals surface area contributed by atoms with E-state index < -0.39 is 0 Å². The second-order valence-electron chi connectivity index (χ2n) is 9.68. The molecule has 3 rings (SSSR count). The van der Waals surface area contributed by atoms with E-state index in [0.29, 0.717) is 30.1 Å². The van der Waals surface area contributed by atoms with Crippen LogP contribution >= 0.6 is 0 Å². The van der Waals surface area contributed by atoms with Crippen molar-refractivity contribution in [1.82, 2.24) is 0 Å². The molecule has 0 aromatic heterocycles. The predicted octanol–water partition coefficient (Wildman–Crippen LogP) is 5.80. The van der Waals surface area contributed by atoms with Gasteiger partial charge in [0.15, 0.2) is 5.78 Å². The van der Waals surface area contributed by atoms with Gasteiger partial charge in [-0.1, -0.05) is 56.2 Å². The Balaban J connectivity index is 1.90. The molecule has 5 atom stereocenters. The molecule has 148 valence electrons. The molecule has 0 bridgehead atoms. The van der Waals surface area contributed by atoms with Crippen LogP contribution in [0.5, 0.6) is 0 Å². The average Bonchev–Trinajstić information content (AvgIpc) is 3.04. The molecule has 0 aliphatic heterocycles. The van der Waals surface area contributed by atoms with Crippen LogP contribution in [0, 0.1) is 29.1 Å². The molecule has 0 saturated heterocycles. The normalized spacial score (nSPS) is 36.7. The Morgan fingerprint density at radius 1 is 1.41 bits per heavy atom. The van der Waals surface area contributed by atoms with Crippen molar-refractivity contribution in [2.24, 2.45) is 29.1 Å². The molecule has 1 fully saturated rings. The number of rotatable bonds is 4. The second kappa shape index (κ2) is 7.91. The number of aliphatic hydroxyl groups excluding tert-OH is 1. The molecule has 0 aromatic carbocycles. The number of carbonyl (C=O) groups is 1. The van der Waals surface area contributed by atoms with E-state index in [4.69, 9.17) is 0 Å². The van der Waals surface area contributed by atoms with Gasteiger partial charge in [0.05, 0.1) is 6.61 Å². The van der Waals surface area contributed by atoms with Gasteiger partial charge < -0.3 is 5.11 Å². The third-order valence-electron chi connectivity index (χ3n) is 7.37. The number of carbonyl (C=O) groups excluding carboxylic acids is 1. The van der Waals surface area contributed by atoms with Gasteiger partial charge in [0, 0.05) is 12.0 Å². The van der Waals surface area contributed by atoms with Crippen molar-refractivity contribution >= 4 is 5.78 Å². The van der Waals surface area contributed by atoms with E-state index in [-0.39, 0.29) is 17.8 Å². The molecule has 0 spiro atoms. The molecule has 0 unspecified atom stereocenters. The minimum Gasteiger partial charge on any atom is -0.392 e. The van der Waals surface area contributed by atoms with E-state index >= 15 is 0 Å². The third-order valence-corrected chi connectivity index (χ3v) is 7.37. The number of allylic oxidation sites excluding steroid dienone is 6. The fourth-order valence-corrected chi connectivity index (χ4v) is 5.80. The van der Waals surface area contributed by atoms with Crippen molar-refractivity contribution in [2.75, 3.05) is 6.61 Å². The molecule has 0 radical (unpaired) electrons. The maximum Gasteiger partial charge on any atom is 0.163 e. The number of hydrogen-bond acceptors (Lipinski definition) is 2. The van der Waals surface area contributed by atoms with Crippen LogP contribution in [0.4, 0.5) is 0 Å². The maximum absolute atomic E-state index is 12.6. The van der Waals surface area contributed by atoms with E-state index in [9.17, 15) is 9.90 Å². The molecule has 1 saturated carbocycles. The van der Waals surface area contributed by atoms with E-state index in [1.165, 1.54) is 24.0 Å². The maximum atomic E-state index is 12.6. The van der Waals surface area contributed by atoms with E-state index in [0.717, 1.165) is 24.0 Å². The Labute approximate surface area is 165 Å². The van der Waals surface area contributed by atoms with Crippen LogP contribution in [-0.2, 0) is 4.79 Å². The Morgan fingerprint density at radius 3 is 2.81 bits per heavy atom. The van der Waals surface area contributed by atoms with Crippen LogP contribution < -0.4 is 0 Å². The molecular weight excluding hydrogens is 332 g/mol. The number of ketones is 1. The molecule has 3 aliphatic carbocycles. The first kappa shape index (κ1) is 20.3. The summed E-state index contributed by atoms with van der Waals surface area (Å²) in [7, 11) is 0. The van der Waals surface area contributed by atoms with Gasteiger partial charge in [-0.05, 0) is 74.2 Å². The molecule has 2 heteroatoms. The van der Waals surface area contributed by atoms with Crippen molar-refractivity contribution < 1.29 is 9.90 Å². The van der Waals surface area contributed by atoms with Crippen molar-refractivity contribution in [3.8, 4) is 0 Å². The first-order valence-corrected chi connectivity index (χ1v) is 10.6. The first-order chi connectivity index (χ1) is 12.8. The fourth-order valence-electron chi connectivity index (χ4n) is 5.80. The Morgan fingerprint density at radius 2 is 2.15 bits per heavy atom. The molecule has 2 nitrogen and oxygen atoms in total. The number of hydrogen-bond donors (Lipinski definition) is 1. The van der Waals surface area contributed by atoms with Gasteiger partial charge in [-0.2, -0.15) is 0 Å².